The van der Waals surface area contributed by atoms with Crippen molar-refractivity contribution in [1.82, 2.24) is 4.37 Å². The second kappa shape index (κ2) is 3.68. The van der Waals surface area contributed by atoms with Gasteiger partial charge in [-0.1, -0.05) is 0 Å². The Hall–Kier alpha value is -0.420. The first-order chi connectivity index (χ1) is 4.84. The summed E-state index contributed by atoms with van der Waals surface area (Å²) in [6.07, 6.45) is 1.56. The Morgan fingerprint density at radius 3 is 3.20 bits per heavy atom. The number of nitrogens with zero attached hydrogens (tertiary/aromatic N) is 1. The number of hydrogen-bond donors (Lipinski definition) is 0. The molecule has 1 heterocycles. The molecule has 54 valence electrons. The Morgan fingerprint density at radius 1 is 1.90 bits per heavy atom. The van der Waals surface area contributed by atoms with Gasteiger partial charge in [-0.3, -0.25) is 0 Å². The highest BCUT2D eigenvalue weighted by atomic mass is 79.9. The van der Waals surface area contributed by atoms with Crippen molar-refractivity contribution < 1.29 is 9.53 Å². The quantitative estimate of drug-likeness (QED) is 0.564. The average molecular weight is 222 g/mol. The van der Waals surface area contributed by atoms with Gasteiger partial charge in [-0.25, -0.2) is 9.17 Å². The lowest BCUT2D eigenvalue weighted by Crippen LogP contribution is -1.99. The second-order valence-corrected chi connectivity index (χ2v) is 2.71. The molecule has 0 aliphatic carbocycles. The number of ether oxygens (including phenoxy) is 1. The van der Waals surface area contributed by atoms with Crippen LogP contribution in [-0.4, -0.2) is 15.9 Å². The van der Waals surface area contributed by atoms with E-state index in [-0.39, 0.29) is 11.5 Å². The molecule has 1 aromatic rings. The molecule has 0 saturated heterocycles. The fourth-order valence-corrected chi connectivity index (χ4v) is 1.14. The third kappa shape index (κ3) is 1.78. The highest BCUT2D eigenvalue weighted by molar-refractivity contribution is 9.09. The normalized spacial score (nSPS) is 9.30. The molecule has 0 amide bonds. The zero-order valence-electron chi connectivity index (χ0n) is 4.91. The van der Waals surface area contributed by atoms with E-state index in [9.17, 15) is 4.79 Å². The molecule has 1 aromatic heterocycles. The van der Waals surface area contributed by atoms with Crippen LogP contribution in [0.4, 0.5) is 0 Å². The summed E-state index contributed by atoms with van der Waals surface area (Å²) in [7, 11) is 0. The molecule has 0 unspecified atom stereocenters. The van der Waals surface area contributed by atoms with Crippen molar-refractivity contribution in [3.8, 4) is 0 Å². The fraction of sp³-hybridized carbons (Fsp3) is 0.200. The van der Waals surface area contributed by atoms with E-state index in [1.807, 2.05) is 0 Å². The number of rotatable bonds is 2. The van der Waals surface area contributed by atoms with Crippen molar-refractivity contribution in [1.29, 1.82) is 0 Å². The lowest BCUT2D eigenvalue weighted by molar-refractivity contribution is 0.0589. The van der Waals surface area contributed by atoms with Crippen LogP contribution in [0.25, 0.3) is 0 Å². The van der Waals surface area contributed by atoms with E-state index in [1.165, 1.54) is 0 Å². The first kappa shape index (κ1) is 7.68. The molecule has 0 spiro atoms. The summed E-state index contributed by atoms with van der Waals surface area (Å²) in [6.45, 7) is 0. The number of esters is 1. The molecular formula is C5H4BrNO2S. The van der Waals surface area contributed by atoms with E-state index in [4.69, 9.17) is 0 Å². The monoisotopic (exact) mass is 221 g/mol. The van der Waals surface area contributed by atoms with Gasteiger partial charge >= 0.3 is 5.97 Å². The van der Waals surface area contributed by atoms with Gasteiger partial charge in [0.05, 0.1) is 0 Å². The van der Waals surface area contributed by atoms with Crippen molar-refractivity contribution in [2.75, 3.05) is 5.52 Å². The van der Waals surface area contributed by atoms with E-state index in [0.29, 0.717) is 4.88 Å². The summed E-state index contributed by atoms with van der Waals surface area (Å²) in [5.41, 5.74) is 0.226. The van der Waals surface area contributed by atoms with Crippen molar-refractivity contribution in [2.45, 2.75) is 0 Å². The molecule has 5 heteroatoms. The van der Waals surface area contributed by atoms with Crippen LogP contribution in [0.2, 0.25) is 0 Å². The van der Waals surface area contributed by atoms with E-state index in [0.717, 1.165) is 11.5 Å². The van der Waals surface area contributed by atoms with Crippen LogP contribution in [-0.2, 0) is 4.74 Å². The average Bonchev–Trinajstić information content (AvgIpc) is 2.38. The number of aromatic nitrogens is 1. The van der Waals surface area contributed by atoms with E-state index < -0.39 is 0 Å². The lowest BCUT2D eigenvalue weighted by atomic mass is 10.5. The maximum absolute atomic E-state index is 10.8. The molecule has 1 rings (SSSR count). The van der Waals surface area contributed by atoms with Crippen LogP contribution >= 0.6 is 27.5 Å². The number of carbonyl (C=O) groups excluding carboxylic acids is 1. The van der Waals surface area contributed by atoms with Crippen LogP contribution < -0.4 is 0 Å². The lowest BCUT2D eigenvalue weighted by Gasteiger charge is -1.93. The molecule has 0 aliphatic rings. The Labute approximate surface area is 70.3 Å². The zero-order valence-corrected chi connectivity index (χ0v) is 7.31. The van der Waals surface area contributed by atoms with Crippen molar-refractivity contribution in [2.24, 2.45) is 0 Å². The zero-order chi connectivity index (χ0) is 7.40. The Bertz CT molecular complexity index is 211. The largest absolute Gasteiger partial charge is 0.450 e. The van der Waals surface area contributed by atoms with Crippen LogP contribution in [0.5, 0.6) is 0 Å². The molecule has 3 nitrogen and oxygen atoms in total. The molecule has 10 heavy (non-hydrogen) atoms. The van der Waals surface area contributed by atoms with Crippen LogP contribution in [0.3, 0.4) is 0 Å². The molecule has 0 radical (unpaired) electrons. The molecular weight excluding hydrogens is 218 g/mol. The van der Waals surface area contributed by atoms with Gasteiger partial charge in [0.2, 0.25) is 0 Å². The van der Waals surface area contributed by atoms with Gasteiger partial charge in [0.15, 0.2) is 0 Å². The van der Waals surface area contributed by atoms with Crippen LogP contribution in [0.15, 0.2) is 12.3 Å². The van der Waals surface area contributed by atoms with Crippen LogP contribution in [0.1, 0.15) is 9.67 Å². The van der Waals surface area contributed by atoms with Crippen LogP contribution in [0, 0.1) is 0 Å². The van der Waals surface area contributed by atoms with Crippen molar-refractivity contribution in [3.05, 3.63) is 17.1 Å². The molecule has 0 aromatic carbocycles. The summed E-state index contributed by atoms with van der Waals surface area (Å²) in [5.74, 6) is -0.334. The van der Waals surface area contributed by atoms with E-state index in [2.05, 4.69) is 25.0 Å². The van der Waals surface area contributed by atoms with Crippen molar-refractivity contribution in [3.63, 3.8) is 0 Å². The maximum atomic E-state index is 10.8. The van der Waals surface area contributed by atoms with Gasteiger partial charge in [-0.2, -0.15) is 0 Å². The minimum Gasteiger partial charge on any atom is -0.450 e. The molecule has 0 N–H and O–H groups in total. The molecule has 0 atom stereocenters. The van der Waals surface area contributed by atoms with Gasteiger partial charge in [0, 0.05) is 6.20 Å². The second-order valence-electron chi connectivity index (χ2n) is 1.42. The van der Waals surface area contributed by atoms with Gasteiger partial charge in [0.25, 0.3) is 0 Å². The van der Waals surface area contributed by atoms with Gasteiger partial charge in [0.1, 0.15) is 10.4 Å². The third-order valence-electron chi connectivity index (χ3n) is 0.825. The number of halogens is 1. The minimum atomic E-state index is -0.334. The first-order valence-electron chi connectivity index (χ1n) is 2.48. The molecule has 0 aliphatic heterocycles. The third-order valence-corrected chi connectivity index (χ3v) is 1.78. The summed E-state index contributed by atoms with van der Waals surface area (Å²) in [5, 5.41) is 0. The van der Waals surface area contributed by atoms with Gasteiger partial charge in [-0.05, 0) is 33.5 Å². The topological polar surface area (TPSA) is 39.2 Å². The maximum Gasteiger partial charge on any atom is 0.350 e. The standard InChI is InChI=1S/C5H4BrNO2S/c6-3-9-5(8)4-1-2-7-10-4/h1-2H,3H2. The predicted molar refractivity (Wildman–Crippen MR) is 41.3 cm³/mol. The summed E-state index contributed by atoms with van der Waals surface area (Å²) >= 11 is 4.10. The summed E-state index contributed by atoms with van der Waals surface area (Å²) in [6, 6.07) is 1.62. The Kier molecular flexibility index (Phi) is 2.82. The van der Waals surface area contributed by atoms with E-state index in [1.54, 1.807) is 12.3 Å². The van der Waals surface area contributed by atoms with Gasteiger partial charge < -0.3 is 4.74 Å². The molecule has 0 fully saturated rings. The first-order valence-corrected chi connectivity index (χ1v) is 4.38. The fourth-order valence-electron chi connectivity index (χ4n) is 0.442. The van der Waals surface area contributed by atoms with Crippen molar-refractivity contribution >= 4 is 33.4 Å². The Balaban J connectivity index is 2.59. The highest BCUT2D eigenvalue weighted by Gasteiger charge is 2.06. The predicted octanol–water partition coefficient (Wildman–Crippen LogP) is 1.65. The summed E-state index contributed by atoms with van der Waals surface area (Å²) < 4.78 is 8.39. The number of hydrogen-bond acceptors (Lipinski definition) is 4. The minimum absolute atomic E-state index is 0.226. The molecule has 0 bridgehead atoms. The number of carbonyl (C=O) groups is 1. The Morgan fingerprint density at radius 2 is 2.70 bits per heavy atom. The van der Waals surface area contributed by atoms with E-state index >= 15 is 0 Å². The smallest absolute Gasteiger partial charge is 0.350 e. The summed E-state index contributed by atoms with van der Waals surface area (Å²) in [4.78, 5) is 11.4. The molecule has 0 saturated carbocycles. The highest BCUT2D eigenvalue weighted by Crippen LogP contribution is 2.06. The van der Waals surface area contributed by atoms with Gasteiger partial charge in [-0.15, -0.1) is 0 Å². The number of alkyl halides is 1. The SMILES string of the molecule is O=C(OCBr)c1ccns1.